The summed E-state index contributed by atoms with van der Waals surface area (Å²) in [7, 11) is 1.94. The minimum atomic E-state index is 0.488. The molecule has 0 spiro atoms. The fourth-order valence-electron chi connectivity index (χ4n) is 1.80. The molecule has 0 saturated carbocycles. The minimum absolute atomic E-state index is 0.488. The van der Waals surface area contributed by atoms with Crippen LogP contribution in [0.4, 0.5) is 0 Å². The van der Waals surface area contributed by atoms with Crippen LogP contribution in [-0.4, -0.2) is 19.3 Å². The number of halogens is 1. The molecule has 16 heavy (non-hydrogen) atoms. The maximum Gasteiger partial charge on any atom is 0.0951 e. The molecule has 5 heteroatoms. The van der Waals surface area contributed by atoms with E-state index in [1.165, 1.54) is 5.56 Å². The van der Waals surface area contributed by atoms with Crippen molar-refractivity contribution in [2.75, 3.05) is 0 Å². The summed E-state index contributed by atoms with van der Waals surface area (Å²) in [5.41, 5.74) is 3.40. The summed E-state index contributed by atoms with van der Waals surface area (Å²) in [6.07, 6.45) is 6.61. The molecule has 0 aromatic carbocycles. The Balaban J connectivity index is 2.26. The maximum atomic E-state index is 5.84. The van der Waals surface area contributed by atoms with Crippen LogP contribution in [0.1, 0.15) is 23.9 Å². The molecule has 4 nitrogen and oxygen atoms in total. The zero-order valence-corrected chi connectivity index (χ0v) is 10.3. The summed E-state index contributed by atoms with van der Waals surface area (Å²) < 4.78 is 3.91. The third-order valence-electron chi connectivity index (χ3n) is 2.60. The number of aromatic nitrogens is 4. The normalized spacial score (nSPS) is 10.9. The SMILES string of the molecule is CCc1nn(C)cc1Cn1cncc1CCl. The van der Waals surface area contributed by atoms with Crippen LogP contribution in [0.15, 0.2) is 18.7 Å². The van der Waals surface area contributed by atoms with Crippen LogP contribution in [-0.2, 0) is 25.9 Å². The van der Waals surface area contributed by atoms with Gasteiger partial charge in [0.05, 0.1) is 30.1 Å². The Morgan fingerprint density at radius 2 is 2.25 bits per heavy atom. The van der Waals surface area contributed by atoms with Gasteiger partial charge in [-0.25, -0.2) is 4.98 Å². The highest BCUT2D eigenvalue weighted by atomic mass is 35.5. The zero-order chi connectivity index (χ0) is 11.5. The van der Waals surface area contributed by atoms with E-state index in [9.17, 15) is 0 Å². The number of alkyl halides is 1. The fourth-order valence-corrected chi connectivity index (χ4v) is 2.02. The molecule has 2 aromatic heterocycles. The van der Waals surface area contributed by atoms with Crippen molar-refractivity contribution in [3.8, 4) is 0 Å². The third-order valence-corrected chi connectivity index (χ3v) is 2.88. The van der Waals surface area contributed by atoms with Gasteiger partial charge in [0, 0.05) is 25.0 Å². The van der Waals surface area contributed by atoms with E-state index in [2.05, 4.69) is 27.8 Å². The Morgan fingerprint density at radius 3 is 2.94 bits per heavy atom. The van der Waals surface area contributed by atoms with Crippen molar-refractivity contribution in [1.82, 2.24) is 19.3 Å². The molecule has 0 bridgehead atoms. The largest absolute Gasteiger partial charge is 0.329 e. The molecule has 2 aromatic rings. The molecule has 0 radical (unpaired) electrons. The van der Waals surface area contributed by atoms with E-state index in [1.54, 1.807) is 6.20 Å². The topological polar surface area (TPSA) is 35.6 Å². The molecular weight excluding hydrogens is 224 g/mol. The lowest BCUT2D eigenvalue weighted by Crippen LogP contribution is -2.03. The maximum absolute atomic E-state index is 5.84. The van der Waals surface area contributed by atoms with E-state index in [0.717, 1.165) is 24.4 Å². The Morgan fingerprint density at radius 1 is 1.44 bits per heavy atom. The fraction of sp³-hybridized carbons (Fsp3) is 0.455. The van der Waals surface area contributed by atoms with Gasteiger partial charge in [-0.2, -0.15) is 5.10 Å². The van der Waals surface area contributed by atoms with Crippen molar-refractivity contribution in [2.45, 2.75) is 25.8 Å². The summed E-state index contributed by atoms with van der Waals surface area (Å²) in [5.74, 6) is 0.488. The zero-order valence-electron chi connectivity index (χ0n) is 9.52. The Bertz CT molecular complexity index is 472. The molecular formula is C11H15ClN4. The number of aryl methyl sites for hydroxylation is 2. The lowest BCUT2D eigenvalue weighted by atomic mass is 10.2. The summed E-state index contributed by atoms with van der Waals surface area (Å²) in [6.45, 7) is 2.90. The Kier molecular flexibility index (Phi) is 3.29. The van der Waals surface area contributed by atoms with E-state index in [4.69, 9.17) is 11.6 Å². The van der Waals surface area contributed by atoms with Crippen molar-refractivity contribution in [1.29, 1.82) is 0 Å². The van der Waals surface area contributed by atoms with Crippen LogP contribution in [0.3, 0.4) is 0 Å². The van der Waals surface area contributed by atoms with Gasteiger partial charge in [0.15, 0.2) is 0 Å². The predicted octanol–water partition coefficient (Wildman–Crippen LogP) is 1.97. The first-order valence-electron chi connectivity index (χ1n) is 5.31. The van der Waals surface area contributed by atoms with Gasteiger partial charge in [-0.15, -0.1) is 11.6 Å². The van der Waals surface area contributed by atoms with Gasteiger partial charge < -0.3 is 4.57 Å². The second-order valence-electron chi connectivity index (χ2n) is 3.77. The number of imidazole rings is 1. The lowest BCUT2D eigenvalue weighted by Gasteiger charge is -2.05. The average Bonchev–Trinajstić information content (AvgIpc) is 2.85. The van der Waals surface area contributed by atoms with Gasteiger partial charge in [0.1, 0.15) is 0 Å². The minimum Gasteiger partial charge on any atom is -0.329 e. The van der Waals surface area contributed by atoms with Crippen LogP contribution in [0.2, 0.25) is 0 Å². The molecule has 0 atom stereocenters. The Labute approximate surface area is 99.9 Å². The molecule has 0 aliphatic carbocycles. The smallest absolute Gasteiger partial charge is 0.0951 e. The third kappa shape index (κ3) is 2.11. The molecule has 0 saturated heterocycles. The predicted molar refractivity (Wildman–Crippen MR) is 63.5 cm³/mol. The number of hydrogen-bond donors (Lipinski definition) is 0. The molecule has 0 amide bonds. The molecule has 86 valence electrons. The van der Waals surface area contributed by atoms with Gasteiger partial charge in [-0.05, 0) is 6.42 Å². The average molecular weight is 239 g/mol. The highest BCUT2D eigenvalue weighted by Crippen LogP contribution is 2.12. The Hall–Kier alpha value is -1.29. The molecule has 2 rings (SSSR count). The van der Waals surface area contributed by atoms with E-state index in [1.807, 2.05) is 18.1 Å². The summed E-state index contributed by atoms with van der Waals surface area (Å²) in [4.78, 5) is 4.10. The molecule has 0 unspecified atom stereocenters. The number of rotatable bonds is 4. The molecule has 0 aliphatic rings. The monoisotopic (exact) mass is 238 g/mol. The van der Waals surface area contributed by atoms with Crippen molar-refractivity contribution >= 4 is 11.6 Å². The first-order chi connectivity index (χ1) is 7.74. The summed E-state index contributed by atoms with van der Waals surface area (Å²) in [5, 5.41) is 4.42. The molecule has 0 N–H and O–H groups in total. The van der Waals surface area contributed by atoms with Crippen molar-refractivity contribution in [3.63, 3.8) is 0 Å². The van der Waals surface area contributed by atoms with Crippen molar-refractivity contribution in [2.24, 2.45) is 7.05 Å². The van der Waals surface area contributed by atoms with Crippen molar-refractivity contribution in [3.05, 3.63) is 35.7 Å². The molecule has 0 aliphatic heterocycles. The summed E-state index contributed by atoms with van der Waals surface area (Å²) >= 11 is 5.84. The first kappa shape index (κ1) is 11.2. The standard InChI is InChI=1S/C11H15ClN4/c1-3-11-9(6-15(2)14-11)7-16-8-13-5-10(16)4-12/h5-6,8H,3-4,7H2,1-2H3. The first-order valence-corrected chi connectivity index (χ1v) is 5.84. The van der Waals surface area contributed by atoms with Gasteiger partial charge in [0.25, 0.3) is 0 Å². The number of nitrogens with zero attached hydrogens (tertiary/aromatic N) is 4. The highest BCUT2D eigenvalue weighted by molar-refractivity contribution is 6.16. The van der Waals surface area contributed by atoms with Gasteiger partial charge in [-0.3, -0.25) is 4.68 Å². The second kappa shape index (κ2) is 4.70. The second-order valence-corrected chi connectivity index (χ2v) is 4.04. The van der Waals surface area contributed by atoms with E-state index >= 15 is 0 Å². The van der Waals surface area contributed by atoms with Crippen molar-refractivity contribution < 1.29 is 0 Å². The van der Waals surface area contributed by atoms with E-state index < -0.39 is 0 Å². The summed E-state index contributed by atoms with van der Waals surface area (Å²) in [6, 6.07) is 0. The highest BCUT2D eigenvalue weighted by Gasteiger charge is 2.08. The molecule has 2 heterocycles. The number of hydrogen-bond acceptors (Lipinski definition) is 2. The molecule has 0 fully saturated rings. The van der Waals surface area contributed by atoms with Crippen LogP contribution in [0.25, 0.3) is 0 Å². The van der Waals surface area contributed by atoms with Crippen LogP contribution in [0, 0.1) is 0 Å². The van der Waals surface area contributed by atoms with Gasteiger partial charge >= 0.3 is 0 Å². The van der Waals surface area contributed by atoms with Gasteiger partial charge in [0.2, 0.25) is 0 Å². The quantitative estimate of drug-likeness (QED) is 0.764. The van der Waals surface area contributed by atoms with Crippen LogP contribution >= 0.6 is 11.6 Å². The van der Waals surface area contributed by atoms with Gasteiger partial charge in [-0.1, -0.05) is 6.92 Å². The van der Waals surface area contributed by atoms with E-state index in [-0.39, 0.29) is 0 Å². The van der Waals surface area contributed by atoms with Crippen LogP contribution < -0.4 is 0 Å². The lowest BCUT2D eigenvalue weighted by molar-refractivity contribution is 0.746. The van der Waals surface area contributed by atoms with E-state index in [0.29, 0.717) is 5.88 Å². The van der Waals surface area contributed by atoms with Crippen LogP contribution in [0.5, 0.6) is 0 Å².